The monoisotopic (exact) mass is 253 g/mol. The molecular formula is C14H11N3S. The second kappa shape index (κ2) is 4.58. The Labute approximate surface area is 109 Å². The van der Waals surface area contributed by atoms with Crippen molar-refractivity contribution < 1.29 is 0 Å². The number of nitrogens with two attached hydrogens (primary N) is 1. The van der Waals surface area contributed by atoms with Crippen molar-refractivity contribution in [2.24, 2.45) is 0 Å². The smallest absolute Gasteiger partial charge is 0.144 e. The highest BCUT2D eigenvalue weighted by Gasteiger charge is 2.05. The van der Waals surface area contributed by atoms with E-state index in [1.54, 1.807) is 11.3 Å². The van der Waals surface area contributed by atoms with Crippen LogP contribution in [0.15, 0.2) is 42.0 Å². The Bertz CT molecular complexity index is 701. The highest BCUT2D eigenvalue weighted by atomic mass is 32.1. The lowest BCUT2D eigenvalue weighted by Crippen LogP contribution is -1.90. The summed E-state index contributed by atoms with van der Waals surface area (Å²) in [5.41, 5.74) is 8.97. The maximum atomic E-state index is 5.81. The van der Waals surface area contributed by atoms with E-state index in [4.69, 9.17) is 5.73 Å². The second-order valence-electron chi connectivity index (χ2n) is 3.87. The largest absolute Gasteiger partial charge is 0.382 e. The fourth-order valence-corrected chi connectivity index (χ4v) is 2.65. The Hall–Kier alpha value is -2.20. The third kappa shape index (κ3) is 1.98. The van der Waals surface area contributed by atoms with Crippen LogP contribution in [0.3, 0.4) is 0 Å². The zero-order valence-corrected chi connectivity index (χ0v) is 10.4. The standard InChI is InChI=1S/C14H11N3S/c15-14-13-12(16-9-17-14)11(8-18-13)7-6-10-4-2-1-3-5-10/h1-9H,(H2,15,16,17)/b7-6+. The maximum Gasteiger partial charge on any atom is 0.144 e. The number of hydrogen-bond donors (Lipinski definition) is 1. The molecule has 0 bridgehead atoms. The average Bonchev–Trinajstić information content (AvgIpc) is 2.82. The summed E-state index contributed by atoms with van der Waals surface area (Å²) < 4.78 is 0.949. The van der Waals surface area contributed by atoms with E-state index in [9.17, 15) is 0 Å². The molecule has 3 rings (SSSR count). The van der Waals surface area contributed by atoms with Gasteiger partial charge in [0.2, 0.25) is 0 Å². The number of fused-ring (bicyclic) bond motifs is 1. The van der Waals surface area contributed by atoms with E-state index in [0.29, 0.717) is 5.82 Å². The summed E-state index contributed by atoms with van der Waals surface area (Å²) in [6, 6.07) is 10.2. The molecule has 3 nitrogen and oxygen atoms in total. The fraction of sp³-hybridized carbons (Fsp3) is 0. The molecule has 0 amide bonds. The average molecular weight is 253 g/mol. The number of nitrogen functional groups attached to an aromatic ring is 1. The molecular weight excluding hydrogens is 242 g/mol. The van der Waals surface area contributed by atoms with Gasteiger partial charge in [0.1, 0.15) is 12.1 Å². The normalized spacial score (nSPS) is 11.3. The number of rotatable bonds is 2. The Morgan fingerprint density at radius 2 is 1.89 bits per heavy atom. The van der Waals surface area contributed by atoms with Crippen LogP contribution in [0, 0.1) is 0 Å². The molecule has 0 saturated heterocycles. The van der Waals surface area contributed by atoms with E-state index in [-0.39, 0.29) is 0 Å². The summed E-state index contributed by atoms with van der Waals surface area (Å²) in [4.78, 5) is 8.27. The minimum Gasteiger partial charge on any atom is -0.382 e. The van der Waals surface area contributed by atoms with Crippen LogP contribution in [0.25, 0.3) is 22.4 Å². The van der Waals surface area contributed by atoms with E-state index in [2.05, 4.69) is 39.6 Å². The number of aromatic nitrogens is 2. The van der Waals surface area contributed by atoms with Crippen LogP contribution >= 0.6 is 11.3 Å². The van der Waals surface area contributed by atoms with Gasteiger partial charge in [0, 0.05) is 10.9 Å². The summed E-state index contributed by atoms with van der Waals surface area (Å²) in [5.74, 6) is 0.546. The first-order chi connectivity index (χ1) is 8.84. The van der Waals surface area contributed by atoms with Crippen LogP contribution in [0.4, 0.5) is 5.82 Å². The molecule has 88 valence electrons. The van der Waals surface area contributed by atoms with Crippen LogP contribution in [0.5, 0.6) is 0 Å². The van der Waals surface area contributed by atoms with Crippen LogP contribution in [-0.2, 0) is 0 Å². The van der Waals surface area contributed by atoms with Gasteiger partial charge in [0.05, 0.1) is 10.2 Å². The van der Waals surface area contributed by atoms with E-state index in [1.165, 1.54) is 11.9 Å². The zero-order valence-electron chi connectivity index (χ0n) is 9.58. The molecule has 0 spiro atoms. The first-order valence-electron chi connectivity index (χ1n) is 5.55. The molecule has 0 aliphatic rings. The lowest BCUT2D eigenvalue weighted by Gasteiger charge is -1.94. The van der Waals surface area contributed by atoms with Gasteiger partial charge in [0.25, 0.3) is 0 Å². The van der Waals surface area contributed by atoms with Gasteiger partial charge < -0.3 is 5.73 Å². The van der Waals surface area contributed by atoms with Crippen LogP contribution < -0.4 is 5.73 Å². The molecule has 0 saturated carbocycles. The molecule has 0 aliphatic heterocycles. The number of anilines is 1. The van der Waals surface area contributed by atoms with Gasteiger partial charge in [-0.2, -0.15) is 0 Å². The number of benzene rings is 1. The molecule has 2 heterocycles. The molecule has 0 atom stereocenters. The minimum absolute atomic E-state index is 0.546. The summed E-state index contributed by atoms with van der Waals surface area (Å²) in [7, 11) is 0. The van der Waals surface area contributed by atoms with Gasteiger partial charge in [-0.15, -0.1) is 11.3 Å². The Morgan fingerprint density at radius 1 is 1.06 bits per heavy atom. The maximum absolute atomic E-state index is 5.81. The van der Waals surface area contributed by atoms with Crippen LogP contribution in [-0.4, -0.2) is 9.97 Å². The van der Waals surface area contributed by atoms with Crippen molar-refractivity contribution in [3.05, 3.63) is 53.2 Å². The van der Waals surface area contributed by atoms with E-state index in [0.717, 1.165) is 15.8 Å². The summed E-state index contributed by atoms with van der Waals surface area (Å²) in [6.07, 6.45) is 5.63. The lowest BCUT2D eigenvalue weighted by atomic mass is 10.2. The van der Waals surface area contributed by atoms with Crippen LogP contribution in [0.1, 0.15) is 11.1 Å². The van der Waals surface area contributed by atoms with Gasteiger partial charge in [-0.1, -0.05) is 42.5 Å². The third-order valence-corrected chi connectivity index (χ3v) is 3.67. The molecule has 2 aromatic heterocycles. The fourth-order valence-electron chi connectivity index (χ4n) is 1.76. The SMILES string of the molecule is Nc1ncnc2c(/C=C/c3ccccc3)csc12. The van der Waals surface area contributed by atoms with Crippen molar-refractivity contribution in [3.8, 4) is 0 Å². The first-order valence-corrected chi connectivity index (χ1v) is 6.43. The number of nitrogens with zero attached hydrogens (tertiary/aromatic N) is 2. The molecule has 0 fully saturated rings. The van der Waals surface area contributed by atoms with Gasteiger partial charge in [-0.25, -0.2) is 9.97 Å². The molecule has 18 heavy (non-hydrogen) atoms. The first kappa shape index (κ1) is 10.9. The lowest BCUT2D eigenvalue weighted by molar-refractivity contribution is 1.24. The van der Waals surface area contributed by atoms with Crippen LogP contribution in [0.2, 0.25) is 0 Å². The van der Waals surface area contributed by atoms with Gasteiger partial charge in [-0.3, -0.25) is 0 Å². The molecule has 1 aromatic carbocycles. The second-order valence-corrected chi connectivity index (χ2v) is 4.75. The van der Waals surface area contributed by atoms with E-state index in [1.807, 2.05) is 18.2 Å². The van der Waals surface area contributed by atoms with E-state index < -0.39 is 0 Å². The number of hydrogen-bond acceptors (Lipinski definition) is 4. The van der Waals surface area contributed by atoms with Crippen molar-refractivity contribution >= 4 is 39.5 Å². The predicted octanol–water partition coefficient (Wildman–Crippen LogP) is 3.44. The quantitative estimate of drug-likeness (QED) is 0.761. The molecule has 0 unspecified atom stereocenters. The Morgan fingerprint density at radius 3 is 2.72 bits per heavy atom. The zero-order chi connectivity index (χ0) is 12.4. The van der Waals surface area contributed by atoms with Crippen molar-refractivity contribution in [1.82, 2.24) is 9.97 Å². The molecule has 0 aliphatic carbocycles. The van der Waals surface area contributed by atoms with Gasteiger partial charge in [0.15, 0.2) is 0 Å². The highest BCUT2D eigenvalue weighted by molar-refractivity contribution is 7.18. The minimum atomic E-state index is 0.546. The topological polar surface area (TPSA) is 51.8 Å². The number of thiophene rings is 1. The molecule has 3 aromatic rings. The Kier molecular flexibility index (Phi) is 2.78. The van der Waals surface area contributed by atoms with Crippen molar-refractivity contribution in [2.45, 2.75) is 0 Å². The van der Waals surface area contributed by atoms with Gasteiger partial charge >= 0.3 is 0 Å². The van der Waals surface area contributed by atoms with Crippen molar-refractivity contribution in [1.29, 1.82) is 0 Å². The third-order valence-electron chi connectivity index (χ3n) is 2.66. The van der Waals surface area contributed by atoms with E-state index >= 15 is 0 Å². The van der Waals surface area contributed by atoms with Gasteiger partial charge in [-0.05, 0) is 5.56 Å². The molecule has 4 heteroatoms. The summed E-state index contributed by atoms with van der Waals surface area (Å²) in [5, 5.41) is 2.05. The summed E-state index contributed by atoms with van der Waals surface area (Å²) >= 11 is 1.57. The van der Waals surface area contributed by atoms with Crippen molar-refractivity contribution in [2.75, 3.05) is 5.73 Å². The molecule has 2 N–H and O–H groups in total. The summed E-state index contributed by atoms with van der Waals surface area (Å²) in [6.45, 7) is 0. The molecule has 0 radical (unpaired) electrons. The van der Waals surface area contributed by atoms with Crippen molar-refractivity contribution in [3.63, 3.8) is 0 Å². The predicted molar refractivity (Wildman–Crippen MR) is 77.2 cm³/mol. The highest BCUT2D eigenvalue weighted by Crippen LogP contribution is 2.28. The Balaban J connectivity index is 2.01.